The number of hydrogen-bond donors (Lipinski definition) is 2. The van der Waals surface area contributed by atoms with Crippen molar-refractivity contribution in [2.24, 2.45) is 0 Å². The maximum atomic E-state index is 13.4. The van der Waals surface area contributed by atoms with Crippen molar-refractivity contribution in [3.8, 4) is 0 Å². The van der Waals surface area contributed by atoms with Crippen molar-refractivity contribution >= 4 is 5.91 Å². The molecule has 1 aromatic carbocycles. The molecule has 0 bridgehead atoms. The predicted octanol–water partition coefficient (Wildman–Crippen LogP) is 1.63. The highest BCUT2D eigenvalue weighted by atomic mass is 19.1. The molecule has 18 heavy (non-hydrogen) atoms. The van der Waals surface area contributed by atoms with Crippen LogP contribution in [0.4, 0.5) is 4.39 Å². The zero-order chi connectivity index (χ0) is 12.8. The van der Waals surface area contributed by atoms with Gasteiger partial charge in [0.2, 0.25) is 5.91 Å². The first-order valence-corrected chi connectivity index (χ1v) is 6.52. The highest BCUT2D eigenvalue weighted by molar-refractivity contribution is 5.81. The Labute approximate surface area is 107 Å². The zero-order valence-corrected chi connectivity index (χ0v) is 10.4. The molecule has 2 rings (SSSR count). The molecule has 0 radical (unpaired) electrons. The molecular weight excluding hydrogens is 231 g/mol. The molecule has 1 atom stereocenters. The minimum Gasteiger partial charge on any atom is -0.355 e. The molecule has 1 amide bonds. The van der Waals surface area contributed by atoms with Crippen LogP contribution in [0.3, 0.4) is 0 Å². The molecule has 0 aromatic heterocycles. The average molecular weight is 250 g/mol. The van der Waals surface area contributed by atoms with Crippen LogP contribution in [-0.2, 0) is 11.2 Å². The van der Waals surface area contributed by atoms with Crippen molar-refractivity contribution in [2.45, 2.75) is 31.7 Å². The summed E-state index contributed by atoms with van der Waals surface area (Å²) in [6.07, 6.45) is 3.56. The molecule has 1 unspecified atom stereocenters. The lowest BCUT2D eigenvalue weighted by Gasteiger charge is -2.15. The predicted molar refractivity (Wildman–Crippen MR) is 68.8 cm³/mol. The van der Waals surface area contributed by atoms with E-state index in [1.54, 1.807) is 12.1 Å². The Morgan fingerprint density at radius 2 is 2.17 bits per heavy atom. The number of benzene rings is 1. The number of hydrogen-bond acceptors (Lipinski definition) is 2. The molecule has 1 aliphatic rings. The third-order valence-corrected chi connectivity index (χ3v) is 3.28. The number of carbonyl (C=O) groups is 1. The van der Waals surface area contributed by atoms with E-state index in [2.05, 4.69) is 10.6 Å². The van der Waals surface area contributed by atoms with Gasteiger partial charge < -0.3 is 10.6 Å². The number of amides is 1. The van der Waals surface area contributed by atoms with Gasteiger partial charge in [0.15, 0.2) is 0 Å². The lowest BCUT2D eigenvalue weighted by Crippen LogP contribution is -2.43. The van der Waals surface area contributed by atoms with E-state index >= 15 is 0 Å². The maximum absolute atomic E-state index is 13.4. The number of carbonyl (C=O) groups excluding carboxylic acids is 1. The van der Waals surface area contributed by atoms with Crippen LogP contribution in [-0.4, -0.2) is 25.0 Å². The fourth-order valence-corrected chi connectivity index (χ4v) is 2.22. The first-order valence-electron chi connectivity index (χ1n) is 6.52. The van der Waals surface area contributed by atoms with E-state index < -0.39 is 0 Å². The van der Waals surface area contributed by atoms with Crippen molar-refractivity contribution in [3.05, 3.63) is 35.6 Å². The van der Waals surface area contributed by atoms with Crippen molar-refractivity contribution in [3.63, 3.8) is 0 Å². The van der Waals surface area contributed by atoms with Crippen molar-refractivity contribution in [1.82, 2.24) is 10.6 Å². The second-order valence-corrected chi connectivity index (χ2v) is 4.63. The minimum absolute atomic E-state index is 0.0704. The Bertz CT molecular complexity index is 409. The van der Waals surface area contributed by atoms with Gasteiger partial charge in [0.25, 0.3) is 0 Å². The topological polar surface area (TPSA) is 41.1 Å². The van der Waals surface area contributed by atoms with Crippen LogP contribution in [0, 0.1) is 5.82 Å². The lowest BCUT2D eigenvalue weighted by molar-refractivity contribution is -0.122. The summed E-state index contributed by atoms with van der Waals surface area (Å²) in [5, 5.41) is 6.09. The van der Waals surface area contributed by atoms with Crippen LogP contribution >= 0.6 is 0 Å². The summed E-state index contributed by atoms with van der Waals surface area (Å²) in [7, 11) is 0. The van der Waals surface area contributed by atoms with Gasteiger partial charge >= 0.3 is 0 Å². The molecule has 0 aliphatic carbocycles. The lowest BCUT2D eigenvalue weighted by atomic mass is 10.1. The number of halogens is 1. The second-order valence-electron chi connectivity index (χ2n) is 4.63. The van der Waals surface area contributed by atoms with Crippen LogP contribution in [0.2, 0.25) is 0 Å². The molecule has 2 N–H and O–H groups in total. The van der Waals surface area contributed by atoms with Gasteiger partial charge in [0.1, 0.15) is 5.82 Å². The number of rotatable bonds is 4. The Hall–Kier alpha value is -1.42. The SMILES string of the molecule is O=C1NCCCCC1NCCc1ccccc1F. The van der Waals surface area contributed by atoms with Crippen molar-refractivity contribution in [2.75, 3.05) is 13.1 Å². The average Bonchev–Trinajstić information content (AvgIpc) is 2.57. The molecule has 98 valence electrons. The van der Waals surface area contributed by atoms with Gasteiger partial charge in [-0.2, -0.15) is 0 Å². The van der Waals surface area contributed by atoms with Crippen LogP contribution in [0.25, 0.3) is 0 Å². The van der Waals surface area contributed by atoms with E-state index in [9.17, 15) is 9.18 Å². The number of nitrogens with one attached hydrogen (secondary N) is 2. The van der Waals surface area contributed by atoms with Crippen LogP contribution in [0.15, 0.2) is 24.3 Å². The Kier molecular flexibility index (Phi) is 4.70. The minimum atomic E-state index is -0.176. The van der Waals surface area contributed by atoms with Crippen LogP contribution in [0.5, 0.6) is 0 Å². The molecule has 1 fully saturated rings. The van der Waals surface area contributed by atoms with E-state index in [1.165, 1.54) is 6.07 Å². The third kappa shape index (κ3) is 3.53. The normalized spacial score (nSPS) is 20.3. The summed E-state index contributed by atoms with van der Waals surface area (Å²) in [5.74, 6) is -0.106. The Balaban J connectivity index is 1.81. The zero-order valence-electron chi connectivity index (χ0n) is 10.4. The summed E-state index contributed by atoms with van der Waals surface area (Å²) in [4.78, 5) is 11.7. The first kappa shape index (κ1) is 13.0. The maximum Gasteiger partial charge on any atom is 0.237 e. The molecular formula is C14H19FN2O. The summed E-state index contributed by atoms with van der Waals surface area (Å²) in [6.45, 7) is 1.39. The van der Waals surface area contributed by atoms with E-state index in [0.717, 1.165) is 25.8 Å². The van der Waals surface area contributed by atoms with Crippen molar-refractivity contribution < 1.29 is 9.18 Å². The highest BCUT2D eigenvalue weighted by Gasteiger charge is 2.19. The summed E-state index contributed by atoms with van der Waals surface area (Å²) >= 11 is 0. The van der Waals surface area contributed by atoms with Crippen molar-refractivity contribution in [1.29, 1.82) is 0 Å². The molecule has 1 aromatic rings. The molecule has 4 heteroatoms. The second kappa shape index (κ2) is 6.50. The van der Waals surface area contributed by atoms with E-state index in [1.807, 2.05) is 6.07 Å². The smallest absolute Gasteiger partial charge is 0.237 e. The van der Waals surface area contributed by atoms with Crippen LogP contribution < -0.4 is 10.6 Å². The van der Waals surface area contributed by atoms with Gasteiger partial charge in [0, 0.05) is 13.1 Å². The van der Waals surface area contributed by atoms with Gasteiger partial charge in [-0.1, -0.05) is 18.2 Å². The molecule has 1 saturated heterocycles. The van der Waals surface area contributed by atoms with E-state index in [-0.39, 0.29) is 17.8 Å². The summed E-state index contributed by atoms with van der Waals surface area (Å²) in [5.41, 5.74) is 0.694. The third-order valence-electron chi connectivity index (χ3n) is 3.28. The first-order chi connectivity index (χ1) is 8.77. The molecule has 1 aliphatic heterocycles. The van der Waals surface area contributed by atoms with E-state index in [0.29, 0.717) is 18.5 Å². The standard InChI is InChI=1S/C14H19FN2O/c15-12-6-2-1-5-11(12)8-10-16-13-7-3-4-9-17-14(13)18/h1-2,5-6,13,16H,3-4,7-10H2,(H,17,18). The molecule has 0 spiro atoms. The van der Waals surface area contributed by atoms with Gasteiger partial charge in [-0.05, 0) is 37.3 Å². The monoisotopic (exact) mass is 250 g/mol. The van der Waals surface area contributed by atoms with Gasteiger partial charge in [-0.15, -0.1) is 0 Å². The van der Waals surface area contributed by atoms with Crippen LogP contribution in [0.1, 0.15) is 24.8 Å². The van der Waals surface area contributed by atoms with E-state index in [4.69, 9.17) is 0 Å². The van der Waals surface area contributed by atoms with Gasteiger partial charge in [-0.25, -0.2) is 4.39 Å². The quantitative estimate of drug-likeness (QED) is 0.852. The largest absolute Gasteiger partial charge is 0.355 e. The fraction of sp³-hybridized carbons (Fsp3) is 0.500. The molecule has 1 heterocycles. The summed E-state index contributed by atoms with van der Waals surface area (Å²) < 4.78 is 13.4. The molecule has 3 nitrogen and oxygen atoms in total. The Morgan fingerprint density at radius 1 is 1.33 bits per heavy atom. The fourth-order valence-electron chi connectivity index (χ4n) is 2.22. The summed E-state index contributed by atoms with van der Waals surface area (Å²) in [6, 6.07) is 6.64. The highest BCUT2D eigenvalue weighted by Crippen LogP contribution is 2.08. The van der Waals surface area contributed by atoms with Gasteiger partial charge in [-0.3, -0.25) is 4.79 Å². The van der Waals surface area contributed by atoms with Gasteiger partial charge in [0.05, 0.1) is 6.04 Å². The molecule has 0 saturated carbocycles. The Morgan fingerprint density at radius 3 is 3.00 bits per heavy atom.